The largest absolute Gasteiger partial charge is 0.305 e. The Morgan fingerprint density at radius 2 is 1.50 bits per heavy atom. The van der Waals surface area contributed by atoms with Gasteiger partial charge in [0.1, 0.15) is 0 Å². The Morgan fingerprint density at radius 1 is 1.00 bits per heavy atom. The van der Waals surface area contributed by atoms with Crippen LogP contribution >= 0.6 is 0 Å². The van der Waals surface area contributed by atoms with Crippen molar-refractivity contribution < 1.29 is 0 Å². The van der Waals surface area contributed by atoms with E-state index in [1.165, 1.54) is 45.2 Å². The van der Waals surface area contributed by atoms with Gasteiger partial charge >= 0.3 is 0 Å². The highest BCUT2D eigenvalue weighted by atomic mass is 15.3. The maximum atomic E-state index is 3.40. The smallest absolute Gasteiger partial charge is 0.0591 e. The average Bonchev–Trinajstić information content (AvgIpc) is 2.22. The van der Waals surface area contributed by atoms with Crippen LogP contribution in [-0.4, -0.2) is 31.2 Å². The maximum absolute atomic E-state index is 3.40. The maximum Gasteiger partial charge on any atom is 0.0591 e. The molecule has 0 spiro atoms. The van der Waals surface area contributed by atoms with E-state index in [1.54, 1.807) is 0 Å². The van der Waals surface area contributed by atoms with Gasteiger partial charge in [0, 0.05) is 0 Å². The van der Waals surface area contributed by atoms with E-state index in [1.807, 2.05) is 0 Å². The first-order valence-corrected chi connectivity index (χ1v) is 6.21. The van der Waals surface area contributed by atoms with Gasteiger partial charge in [-0.15, -0.1) is 0 Å². The Bertz CT molecular complexity index is 103. The second-order valence-corrected chi connectivity index (χ2v) is 3.96. The third kappa shape index (κ3) is 5.61. The highest BCUT2D eigenvalue weighted by molar-refractivity contribution is 4.66. The van der Waals surface area contributed by atoms with Crippen molar-refractivity contribution in [2.75, 3.05) is 20.1 Å². The van der Waals surface area contributed by atoms with Crippen LogP contribution < -0.4 is 5.32 Å². The van der Waals surface area contributed by atoms with Crippen LogP contribution in [0.3, 0.4) is 0 Å². The van der Waals surface area contributed by atoms with Crippen molar-refractivity contribution in [1.82, 2.24) is 10.2 Å². The van der Waals surface area contributed by atoms with E-state index in [-0.39, 0.29) is 0 Å². The molecule has 0 aromatic rings. The molecule has 14 heavy (non-hydrogen) atoms. The first-order chi connectivity index (χ1) is 6.79. The minimum absolute atomic E-state index is 0.577. The summed E-state index contributed by atoms with van der Waals surface area (Å²) >= 11 is 0. The molecule has 0 bridgehead atoms. The van der Waals surface area contributed by atoms with E-state index in [2.05, 4.69) is 38.0 Å². The molecule has 0 rings (SSSR count). The van der Waals surface area contributed by atoms with Crippen molar-refractivity contribution in [2.24, 2.45) is 0 Å². The van der Waals surface area contributed by atoms with E-state index in [9.17, 15) is 0 Å². The Hall–Kier alpha value is -0.0800. The molecule has 0 radical (unpaired) electrons. The zero-order valence-electron chi connectivity index (χ0n) is 10.5. The molecule has 0 aromatic heterocycles. The fourth-order valence-electron chi connectivity index (χ4n) is 1.79. The van der Waals surface area contributed by atoms with E-state index >= 15 is 0 Å². The van der Waals surface area contributed by atoms with Crippen molar-refractivity contribution in [1.29, 1.82) is 0 Å². The lowest BCUT2D eigenvalue weighted by molar-refractivity contribution is 0.163. The first-order valence-electron chi connectivity index (χ1n) is 6.21. The van der Waals surface area contributed by atoms with Gasteiger partial charge in [-0.2, -0.15) is 0 Å². The molecule has 1 N–H and O–H groups in total. The second-order valence-electron chi connectivity index (χ2n) is 3.96. The van der Waals surface area contributed by atoms with Gasteiger partial charge in [-0.05, 0) is 39.4 Å². The molecule has 1 unspecified atom stereocenters. The number of nitrogens with one attached hydrogen (secondary N) is 1. The standard InChI is InChI=1S/C12H28N2/c1-5-8-10-14(11-9-6-2)12(7-3)13-4/h12-13H,5-11H2,1-4H3. The molecule has 2 nitrogen and oxygen atoms in total. The minimum Gasteiger partial charge on any atom is -0.305 e. The third-order valence-corrected chi connectivity index (χ3v) is 2.76. The van der Waals surface area contributed by atoms with Crippen LogP contribution in [0.25, 0.3) is 0 Å². The molecule has 0 saturated carbocycles. The molecule has 2 heteroatoms. The van der Waals surface area contributed by atoms with Gasteiger partial charge in [0.05, 0.1) is 6.17 Å². The molecule has 0 aromatic carbocycles. The van der Waals surface area contributed by atoms with Gasteiger partial charge in [-0.25, -0.2) is 0 Å². The van der Waals surface area contributed by atoms with Gasteiger partial charge in [-0.1, -0.05) is 33.6 Å². The van der Waals surface area contributed by atoms with Crippen molar-refractivity contribution >= 4 is 0 Å². The van der Waals surface area contributed by atoms with Gasteiger partial charge < -0.3 is 5.32 Å². The molecule has 0 heterocycles. The first kappa shape index (κ1) is 13.9. The van der Waals surface area contributed by atoms with Crippen LogP contribution in [0.15, 0.2) is 0 Å². The predicted octanol–water partition coefficient (Wildman–Crippen LogP) is 2.84. The molecule has 0 fully saturated rings. The summed E-state index contributed by atoms with van der Waals surface area (Å²) in [7, 11) is 2.07. The van der Waals surface area contributed by atoms with E-state index in [0.717, 1.165) is 0 Å². The lowest BCUT2D eigenvalue weighted by Gasteiger charge is -2.30. The summed E-state index contributed by atoms with van der Waals surface area (Å²) in [6.07, 6.45) is 7.01. The molecule has 0 saturated heterocycles. The van der Waals surface area contributed by atoms with Gasteiger partial charge in [-0.3, -0.25) is 4.90 Å². The average molecular weight is 200 g/mol. The molecular weight excluding hydrogens is 172 g/mol. The summed E-state index contributed by atoms with van der Waals surface area (Å²) in [5.41, 5.74) is 0. The normalized spacial score (nSPS) is 13.5. The van der Waals surface area contributed by atoms with Crippen LogP contribution in [0.4, 0.5) is 0 Å². The summed E-state index contributed by atoms with van der Waals surface area (Å²) in [6, 6.07) is 0. The SMILES string of the molecule is CCCCN(CCCC)C(CC)NC. The number of rotatable bonds is 9. The zero-order chi connectivity index (χ0) is 10.8. The van der Waals surface area contributed by atoms with Crippen molar-refractivity contribution in [3.05, 3.63) is 0 Å². The van der Waals surface area contributed by atoms with Crippen molar-refractivity contribution in [3.8, 4) is 0 Å². The highest BCUT2D eigenvalue weighted by Gasteiger charge is 2.12. The van der Waals surface area contributed by atoms with Crippen LogP contribution in [0, 0.1) is 0 Å². The summed E-state index contributed by atoms with van der Waals surface area (Å²) < 4.78 is 0. The third-order valence-electron chi connectivity index (χ3n) is 2.76. The molecule has 0 aliphatic carbocycles. The van der Waals surface area contributed by atoms with Gasteiger partial charge in [0.25, 0.3) is 0 Å². The van der Waals surface area contributed by atoms with Gasteiger partial charge in [0.2, 0.25) is 0 Å². The quantitative estimate of drug-likeness (QED) is 0.576. The van der Waals surface area contributed by atoms with Crippen LogP contribution in [0.2, 0.25) is 0 Å². The number of unbranched alkanes of at least 4 members (excludes halogenated alkanes) is 2. The summed E-state index contributed by atoms with van der Waals surface area (Å²) in [6.45, 7) is 9.27. The van der Waals surface area contributed by atoms with Crippen molar-refractivity contribution in [3.63, 3.8) is 0 Å². The zero-order valence-corrected chi connectivity index (χ0v) is 10.5. The number of hydrogen-bond acceptors (Lipinski definition) is 2. The topological polar surface area (TPSA) is 15.3 Å². The second kappa shape index (κ2) is 9.47. The van der Waals surface area contributed by atoms with Crippen LogP contribution in [0.5, 0.6) is 0 Å². The highest BCUT2D eigenvalue weighted by Crippen LogP contribution is 2.05. The Kier molecular flexibility index (Phi) is 9.42. The summed E-state index contributed by atoms with van der Waals surface area (Å²) in [4.78, 5) is 2.59. The Morgan fingerprint density at radius 3 is 1.79 bits per heavy atom. The fourth-order valence-corrected chi connectivity index (χ4v) is 1.79. The fraction of sp³-hybridized carbons (Fsp3) is 1.00. The molecule has 0 aliphatic rings. The summed E-state index contributed by atoms with van der Waals surface area (Å²) in [5.74, 6) is 0. The van der Waals surface area contributed by atoms with Gasteiger partial charge in [0.15, 0.2) is 0 Å². The predicted molar refractivity (Wildman–Crippen MR) is 64.5 cm³/mol. The Balaban J connectivity index is 3.92. The molecule has 86 valence electrons. The molecule has 0 amide bonds. The molecule has 1 atom stereocenters. The number of nitrogens with zero attached hydrogens (tertiary/aromatic N) is 1. The van der Waals surface area contributed by atoms with Crippen LogP contribution in [-0.2, 0) is 0 Å². The molecular formula is C12H28N2. The number of hydrogen-bond donors (Lipinski definition) is 1. The van der Waals surface area contributed by atoms with Crippen LogP contribution in [0.1, 0.15) is 52.9 Å². The Labute approximate surface area is 90.1 Å². The molecule has 0 aliphatic heterocycles. The van der Waals surface area contributed by atoms with E-state index in [0.29, 0.717) is 6.17 Å². The van der Waals surface area contributed by atoms with Crippen molar-refractivity contribution in [2.45, 2.75) is 59.0 Å². The van der Waals surface area contributed by atoms with E-state index < -0.39 is 0 Å². The monoisotopic (exact) mass is 200 g/mol. The minimum atomic E-state index is 0.577. The van der Waals surface area contributed by atoms with E-state index in [4.69, 9.17) is 0 Å². The lowest BCUT2D eigenvalue weighted by Crippen LogP contribution is -2.44. The lowest BCUT2D eigenvalue weighted by atomic mass is 10.2. The summed E-state index contributed by atoms with van der Waals surface area (Å²) in [5, 5.41) is 3.40.